The van der Waals surface area contributed by atoms with E-state index in [1.807, 2.05) is 0 Å². The molecule has 0 aromatic heterocycles. The lowest BCUT2D eigenvalue weighted by molar-refractivity contribution is -0.132. The Balaban J connectivity index is 2.63. The molecule has 1 fully saturated rings. The van der Waals surface area contributed by atoms with Gasteiger partial charge in [0.1, 0.15) is 18.1 Å². The van der Waals surface area contributed by atoms with Crippen LogP contribution in [-0.2, 0) is 9.53 Å². The molecule has 1 unspecified atom stereocenters. The minimum atomic E-state index is -1.23. The zero-order valence-electron chi connectivity index (χ0n) is 9.52. The molecular weight excluding hydrogens is 248 g/mol. The maximum Gasteiger partial charge on any atom is 0.404 e. The molecule has 0 aliphatic carbocycles. The molecular formula is C10H17ClN2O4. The fourth-order valence-electron chi connectivity index (χ4n) is 1.89. The van der Waals surface area contributed by atoms with Crippen LogP contribution in [0.25, 0.3) is 0 Å². The second kappa shape index (κ2) is 6.07. The van der Waals surface area contributed by atoms with Gasteiger partial charge in [-0.25, -0.2) is 4.79 Å². The molecule has 6 nitrogen and oxygen atoms in total. The molecule has 17 heavy (non-hydrogen) atoms. The van der Waals surface area contributed by atoms with Gasteiger partial charge in [-0.3, -0.25) is 4.79 Å². The van der Waals surface area contributed by atoms with Crippen molar-refractivity contribution in [3.63, 3.8) is 0 Å². The van der Waals surface area contributed by atoms with Crippen molar-refractivity contribution in [2.45, 2.75) is 24.9 Å². The summed E-state index contributed by atoms with van der Waals surface area (Å²) in [6.45, 7) is 0.477. The van der Waals surface area contributed by atoms with Crippen molar-refractivity contribution >= 4 is 23.6 Å². The highest BCUT2D eigenvalue weighted by Gasteiger charge is 2.34. The molecule has 0 aromatic carbocycles. The van der Waals surface area contributed by atoms with Crippen LogP contribution in [0.15, 0.2) is 0 Å². The van der Waals surface area contributed by atoms with E-state index >= 15 is 0 Å². The van der Waals surface area contributed by atoms with Crippen LogP contribution in [0.2, 0.25) is 0 Å². The number of carbonyl (C=O) groups excluding carboxylic acids is 2. The fourth-order valence-corrected chi connectivity index (χ4v) is 2.06. The average Bonchev–Trinajstić information content (AvgIpc) is 2.48. The summed E-state index contributed by atoms with van der Waals surface area (Å²) in [5.74, 6) is -0.349. The van der Waals surface area contributed by atoms with Gasteiger partial charge in [-0.2, -0.15) is 0 Å². The molecule has 1 rings (SSSR count). The van der Waals surface area contributed by atoms with Crippen LogP contribution >= 0.6 is 11.6 Å². The molecule has 0 aromatic rings. The van der Waals surface area contributed by atoms with E-state index in [-0.39, 0.29) is 24.9 Å². The summed E-state index contributed by atoms with van der Waals surface area (Å²) in [6.07, 6.45) is 1.08. The molecule has 98 valence electrons. The molecule has 1 aliphatic rings. The number of β-amino-alcohol motifs (C(OH)–C–C–N with tert-alkyl or cyclic N) is 1. The first-order valence-electron chi connectivity index (χ1n) is 5.45. The van der Waals surface area contributed by atoms with Crippen LogP contribution in [-0.4, -0.2) is 53.2 Å². The van der Waals surface area contributed by atoms with Crippen molar-refractivity contribution in [2.24, 2.45) is 5.73 Å². The number of likely N-dealkylation sites (tertiary alicyclic amines) is 1. The van der Waals surface area contributed by atoms with E-state index in [0.29, 0.717) is 13.0 Å². The van der Waals surface area contributed by atoms with Gasteiger partial charge in [0, 0.05) is 6.54 Å². The van der Waals surface area contributed by atoms with Crippen LogP contribution in [0.3, 0.4) is 0 Å². The molecule has 0 bridgehead atoms. The first kappa shape index (κ1) is 14.1. The third-order valence-electron chi connectivity index (χ3n) is 2.76. The van der Waals surface area contributed by atoms with E-state index in [0.717, 1.165) is 12.8 Å². The topological polar surface area (TPSA) is 92.9 Å². The Morgan fingerprint density at radius 1 is 1.47 bits per heavy atom. The van der Waals surface area contributed by atoms with E-state index in [1.54, 1.807) is 0 Å². The van der Waals surface area contributed by atoms with Crippen molar-refractivity contribution in [3.05, 3.63) is 0 Å². The summed E-state index contributed by atoms with van der Waals surface area (Å²) < 4.78 is 4.62. The lowest BCUT2D eigenvalue weighted by atomic mass is 9.99. The number of ether oxygens (including phenoxy) is 1. The van der Waals surface area contributed by atoms with Crippen molar-refractivity contribution in [1.29, 1.82) is 0 Å². The smallest absolute Gasteiger partial charge is 0.404 e. The maximum absolute atomic E-state index is 11.5. The maximum atomic E-state index is 11.5. The molecule has 0 saturated carbocycles. The highest BCUT2D eigenvalue weighted by Crippen LogP contribution is 2.21. The van der Waals surface area contributed by atoms with Crippen LogP contribution in [0.5, 0.6) is 0 Å². The number of halogens is 1. The molecule has 3 N–H and O–H groups in total. The van der Waals surface area contributed by atoms with Gasteiger partial charge < -0.3 is 20.5 Å². The number of nitrogens with zero attached hydrogens (tertiary/aromatic N) is 1. The lowest BCUT2D eigenvalue weighted by Crippen LogP contribution is -2.48. The van der Waals surface area contributed by atoms with Gasteiger partial charge in [-0.1, -0.05) is 0 Å². The molecule has 1 heterocycles. The summed E-state index contributed by atoms with van der Waals surface area (Å²) in [7, 11) is 0. The number of nitrogens with two attached hydrogens (primary N) is 1. The number of carbonyl (C=O) groups is 2. The number of rotatable bonds is 3. The minimum absolute atomic E-state index is 0.117. The second-order valence-electron chi connectivity index (χ2n) is 4.24. The lowest BCUT2D eigenvalue weighted by Gasteiger charge is -2.30. The summed E-state index contributed by atoms with van der Waals surface area (Å²) in [5.41, 5.74) is 3.63. The SMILES string of the molecule is NC(=O)OCC1(O)CCCCN(C(=O)CCl)C1. The van der Waals surface area contributed by atoms with Gasteiger partial charge in [0.25, 0.3) is 0 Å². The van der Waals surface area contributed by atoms with Crippen molar-refractivity contribution in [2.75, 3.05) is 25.6 Å². The average molecular weight is 265 g/mol. The quantitative estimate of drug-likeness (QED) is 0.705. The molecule has 1 atom stereocenters. The van der Waals surface area contributed by atoms with E-state index in [2.05, 4.69) is 4.74 Å². The van der Waals surface area contributed by atoms with E-state index < -0.39 is 11.7 Å². The predicted octanol–water partition coefficient (Wildman–Crippen LogP) is 0.0641. The number of alkyl halides is 1. The Bertz CT molecular complexity index is 300. The Labute approximate surface area is 105 Å². The van der Waals surface area contributed by atoms with Gasteiger partial charge in [0.2, 0.25) is 5.91 Å². The van der Waals surface area contributed by atoms with Gasteiger partial charge in [-0.15, -0.1) is 11.6 Å². The third-order valence-corrected chi connectivity index (χ3v) is 2.98. The largest absolute Gasteiger partial charge is 0.447 e. The summed E-state index contributed by atoms with van der Waals surface area (Å²) in [6, 6.07) is 0. The van der Waals surface area contributed by atoms with Gasteiger partial charge >= 0.3 is 6.09 Å². The standard InChI is InChI=1S/C10H17ClN2O4/c11-5-8(14)13-4-2-1-3-10(16,6-13)7-17-9(12)15/h16H,1-7H2,(H2,12,15). The summed E-state index contributed by atoms with van der Waals surface area (Å²) in [5, 5.41) is 10.2. The number of primary amides is 1. The van der Waals surface area contributed by atoms with Gasteiger partial charge in [0.05, 0.1) is 6.54 Å². The first-order valence-corrected chi connectivity index (χ1v) is 5.99. The Morgan fingerprint density at radius 2 is 2.18 bits per heavy atom. The normalized spacial score (nSPS) is 25.2. The molecule has 0 spiro atoms. The van der Waals surface area contributed by atoms with Crippen molar-refractivity contribution in [1.82, 2.24) is 4.90 Å². The van der Waals surface area contributed by atoms with Gasteiger partial charge in [-0.05, 0) is 19.3 Å². The molecule has 2 amide bonds. The van der Waals surface area contributed by atoms with Crippen LogP contribution in [0.4, 0.5) is 4.79 Å². The molecule has 1 saturated heterocycles. The highest BCUT2D eigenvalue weighted by molar-refractivity contribution is 6.27. The van der Waals surface area contributed by atoms with E-state index in [9.17, 15) is 14.7 Å². The molecule has 1 aliphatic heterocycles. The van der Waals surface area contributed by atoms with Gasteiger partial charge in [0.15, 0.2) is 0 Å². The Kier molecular flexibility index (Phi) is 5.02. The van der Waals surface area contributed by atoms with Crippen LogP contribution in [0, 0.1) is 0 Å². The fraction of sp³-hybridized carbons (Fsp3) is 0.800. The monoisotopic (exact) mass is 264 g/mol. The van der Waals surface area contributed by atoms with Crippen LogP contribution in [0.1, 0.15) is 19.3 Å². The van der Waals surface area contributed by atoms with E-state index in [1.165, 1.54) is 4.90 Å². The number of amides is 2. The zero-order valence-corrected chi connectivity index (χ0v) is 10.3. The zero-order chi connectivity index (χ0) is 12.9. The number of hydrogen-bond donors (Lipinski definition) is 2. The number of hydrogen-bond acceptors (Lipinski definition) is 4. The van der Waals surface area contributed by atoms with Crippen LogP contribution < -0.4 is 5.73 Å². The molecule has 0 radical (unpaired) electrons. The first-order chi connectivity index (χ1) is 7.97. The van der Waals surface area contributed by atoms with E-state index in [4.69, 9.17) is 17.3 Å². The predicted molar refractivity (Wildman–Crippen MR) is 61.6 cm³/mol. The third kappa shape index (κ3) is 4.40. The highest BCUT2D eigenvalue weighted by atomic mass is 35.5. The second-order valence-corrected chi connectivity index (χ2v) is 4.51. The summed E-state index contributed by atoms with van der Waals surface area (Å²) >= 11 is 5.48. The molecule has 7 heteroatoms. The number of aliphatic hydroxyl groups is 1. The Morgan fingerprint density at radius 3 is 2.76 bits per heavy atom. The summed E-state index contributed by atoms with van der Waals surface area (Å²) in [4.78, 5) is 23.5. The van der Waals surface area contributed by atoms with Crippen molar-refractivity contribution in [3.8, 4) is 0 Å². The van der Waals surface area contributed by atoms with Crippen molar-refractivity contribution < 1.29 is 19.4 Å². The minimum Gasteiger partial charge on any atom is -0.447 e. The Hall–Kier alpha value is -1.01.